The van der Waals surface area contributed by atoms with E-state index in [9.17, 15) is 0 Å². The summed E-state index contributed by atoms with van der Waals surface area (Å²) in [5, 5.41) is 0. The summed E-state index contributed by atoms with van der Waals surface area (Å²) in [5.74, 6) is 0. The van der Waals surface area contributed by atoms with E-state index in [1.54, 1.807) is 3.57 Å². The van der Waals surface area contributed by atoms with E-state index >= 15 is 0 Å². The van der Waals surface area contributed by atoms with Gasteiger partial charge >= 0.3 is 144 Å². The molecule has 0 heterocycles. The summed E-state index contributed by atoms with van der Waals surface area (Å²) in [6.45, 7) is 7.09. The van der Waals surface area contributed by atoms with Gasteiger partial charge in [0.25, 0.3) is 0 Å². The Labute approximate surface area is 143 Å². The third-order valence-corrected chi connectivity index (χ3v) is 10.4. The Balaban J connectivity index is 2.13. The second-order valence-corrected chi connectivity index (χ2v) is 13.2. The van der Waals surface area contributed by atoms with Gasteiger partial charge < -0.3 is 0 Å². The van der Waals surface area contributed by atoms with Crippen molar-refractivity contribution in [1.82, 2.24) is 0 Å². The average Bonchev–Trinajstić information content (AvgIpc) is 2.52. The van der Waals surface area contributed by atoms with Crippen molar-refractivity contribution in [3.63, 3.8) is 0 Å². The predicted molar refractivity (Wildman–Crippen MR) is 108 cm³/mol. The van der Waals surface area contributed by atoms with Crippen LogP contribution in [0.3, 0.4) is 0 Å². The number of benzene rings is 2. The van der Waals surface area contributed by atoms with Crippen LogP contribution in [-0.2, 0) is 6.42 Å². The zero-order valence-corrected chi connectivity index (χ0v) is 16.5. The minimum absolute atomic E-state index is 0.433. The van der Waals surface area contributed by atoms with E-state index in [1.807, 2.05) is 0 Å². The van der Waals surface area contributed by atoms with Crippen LogP contribution in [0.15, 0.2) is 60.7 Å². The van der Waals surface area contributed by atoms with Gasteiger partial charge in [-0.3, -0.25) is 0 Å². The molecule has 22 heavy (non-hydrogen) atoms. The van der Waals surface area contributed by atoms with Crippen LogP contribution in [0.2, 0.25) is 0 Å². The van der Waals surface area contributed by atoms with Crippen molar-refractivity contribution < 1.29 is 0 Å². The Bertz CT molecular complexity index is 539. The summed E-state index contributed by atoms with van der Waals surface area (Å²) < 4.78 is 2.48. The van der Waals surface area contributed by atoms with Gasteiger partial charge in [-0.1, -0.05) is 0 Å². The maximum absolute atomic E-state index is 2.55. The van der Waals surface area contributed by atoms with Crippen molar-refractivity contribution in [2.24, 2.45) is 5.41 Å². The molecule has 2 aromatic rings. The van der Waals surface area contributed by atoms with Crippen LogP contribution < -0.4 is 0 Å². The van der Waals surface area contributed by atoms with Crippen LogP contribution >= 0.6 is 19.8 Å². The monoisotopic (exact) mass is 408 g/mol. The molecule has 0 nitrogen and oxygen atoms in total. The Hall–Kier alpha value is -0.830. The van der Waals surface area contributed by atoms with Crippen molar-refractivity contribution in [2.45, 2.75) is 44.0 Å². The molecule has 1 atom stereocenters. The van der Waals surface area contributed by atoms with Crippen LogP contribution in [0, 0.1) is 8.99 Å². The van der Waals surface area contributed by atoms with Crippen LogP contribution in [0.4, 0.5) is 0 Å². The maximum atomic E-state index is 2.55. The van der Waals surface area contributed by atoms with E-state index in [-0.39, 0.29) is 0 Å². The number of alkyl halides is 2. The molecule has 1 unspecified atom stereocenters. The number of hydrogen-bond acceptors (Lipinski definition) is 0. The second kappa shape index (κ2) is 8.14. The summed E-state index contributed by atoms with van der Waals surface area (Å²) in [6, 6.07) is 22.3. The van der Waals surface area contributed by atoms with E-state index < -0.39 is 19.8 Å². The summed E-state index contributed by atoms with van der Waals surface area (Å²) in [4.78, 5) is 2.55. The SMILES string of the molecule is CI(c1ccccc1)C(CCC(C)(C)C)Cc1ccccc1. The van der Waals surface area contributed by atoms with E-state index in [2.05, 4.69) is 86.4 Å². The van der Waals surface area contributed by atoms with Crippen LogP contribution in [0.25, 0.3) is 0 Å². The van der Waals surface area contributed by atoms with Gasteiger partial charge in [-0.2, -0.15) is 0 Å². The predicted octanol–water partition coefficient (Wildman–Crippen LogP) is 6.43. The number of rotatable bonds is 6. The first-order valence-corrected chi connectivity index (χ1v) is 12.6. The molecule has 0 bridgehead atoms. The molecular weight excluding hydrogens is 379 g/mol. The fourth-order valence-corrected chi connectivity index (χ4v) is 7.61. The third kappa shape index (κ3) is 5.75. The Kier molecular flexibility index (Phi) is 6.49. The summed E-state index contributed by atoms with van der Waals surface area (Å²) in [5.41, 5.74) is 1.93. The van der Waals surface area contributed by atoms with Gasteiger partial charge in [-0.15, -0.1) is 0 Å². The molecule has 0 amide bonds. The average molecular weight is 408 g/mol. The topological polar surface area (TPSA) is 0 Å². The fourth-order valence-electron chi connectivity index (χ4n) is 2.63. The molecule has 0 aliphatic heterocycles. The molecule has 0 fully saturated rings. The molecular formula is C21H29I. The van der Waals surface area contributed by atoms with Gasteiger partial charge in [0.15, 0.2) is 0 Å². The molecule has 0 aliphatic carbocycles. The summed E-state index contributed by atoms with van der Waals surface area (Å²) in [6.07, 6.45) is 3.92. The quantitative estimate of drug-likeness (QED) is 0.382. The summed E-state index contributed by atoms with van der Waals surface area (Å²) in [7, 11) is 0. The van der Waals surface area contributed by atoms with Crippen LogP contribution in [0.1, 0.15) is 39.2 Å². The Morgan fingerprint density at radius 3 is 1.95 bits per heavy atom. The van der Waals surface area contributed by atoms with Gasteiger partial charge in [0, 0.05) is 0 Å². The second-order valence-electron chi connectivity index (χ2n) is 7.20. The van der Waals surface area contributed by atoms with Gasteiger partial charge in [0.1, 0.15) is 0 Å². The molecule has 0 spiro atoms. The first-order chi connectivity index (χ1) is 10.5. The molecule has 0 N–H and O–H groups in total. The zero-order valence-electron chi connectivity index (χ0n) is 14.4. The standard InChI is InChI=1S/C21H29I/c1-21(2,3)16-15-20(17-18-11-7-5-8-12-18)22(4)19-13-9-6-10-14-19/h5-14,20H,15-17H2,1-4H3. The zero-order chi connectivity index (χ0) is 16.0. The minimum atomic E-state index is -1.13. The van der Waals surface area contributed by atoms with Gasteiger partial charge in [0.2, 0.25) is 0 Å². The Morgan fingerprint density at radius 2 is 1.41 bits per heavy atom. The molecule has 2 rings (SSSR count). The molecule has 1 heteroatoms. The molecule has 0 radical (unpaired) electrons. The Morgan fingerprint density at radius 1 is 0.864 bits per heavy atom. The van der Waals surface area contributed by atoms with Crippen molar-refractivity contribution in [3.8, 4) is 0 Å². The van der Waals surface area contributed by atoms with Crippen LogP contribution in [0.5, 0.6) is 0 Å². The van der Waals surface area contributed by atoms with Crippen molar-refractivity contribution >= 4 is 19.8 Å². The number of halogens is 1. The van der Waals surface area contributed by atoms with Crippen LogP contribution in [-0.4, -0.2) is 8.86 Å². The molecule has 0 saturated heterocycles. The summed E-state index contributed by atoms with van der Waals surface area (Å²) >= 11 is -1.13. The van der Waals surface area contributed by atoms with E-state index in [4.69, 9.17) is 0 Å². The molecule has 2 aromatic carbocycles. The van der Waals surface area contributed by atoms with Crippen molar-refractivity contribution in [2.75, 3.05) is 4.93 Å². The molecule has 120 valence electrons. The van der Waals surface area contributed by atoms with E-state index in [0.29, 0.717) is 5.41 Å². The van der Waals surface area contributed by atoms with E-state index in [1.165, 1.54) is 24.8 Å². The molecule has 0 aromatic heterocycles. The normalized spacial score (nSPS) is 13.7. The van der Waals surface area contributed by atoms with Crippen molar-refractivity contribution in [3.05, 3.63) is 69.8 Å². The molecule has 0 saturated carbocycles. The van der Waals surface area contributed by atoms with Gasteiger partial charge in [-0.25, -0.2) is 0 Å². The first kappa shape index (κ1) is 17.5. The van der Waals surface area contributed by atoms with E-state index in [0.717, 1.165) is 3.92 Å². The van der Waals surface area contributed by atoms with Gasteiger partial charge in [0.05, 0.1) is 0 Å². The van der Waals surface area contributed by atoms with Gasteiger partial charge in [-0.05, 0) is 0 Å². The molecule has 0 aliphatic rings. The fraction of sp³-hybridized carbons (Fsp3) is 0.429. The number of hydrogen-bond donors (Lipinski definition) is 0. The third-order valence-electron chi connectivity index (χ3n) is 4.05. The first-order valence-electron chi connectivity index (χ1n) is 8.13. The van der Waals surface area contributed by atoms with Crippen molar-refractivity contribution in [1.29, 1.82) is 0 Å².